The highest BCUT2D eigenvalue weighted by Crippen LogP contribution is 2.19. The monoisotopic (exact) mass is 977 g/mol. The van der Waals surface area contributed by atoms with Crippen LogP contribution in [-0.4, -0.2) is 164 Å². The highest BCUT2D eigenvalue weighted by atomic mass is 35.7. The maximum absolute atomic E-state index is 12.0. The van der Waals surface area contributed by atoms with Crippen LogP contribution in [0, 0.1) is 20.2 Å². The van der Waals surface area contributed by atoms with Crippen LogP contribution in [0.15, 0.2) is 58.3 Å². The van der Waals surface area contributed by atoms with Gasteiger partial charge >= 0.3 is 6.09 Å². The van der Waals surface area contributed by atoms with Crippen molar-refractivity contribution in [3.8, 4) is 0 Å². The Labute approximate surface area is 379 Å². The van der Waals surface area contributed by atoms with Crippen molar-refractivity contribution in [1.29, 1.82) is 0 Å². The quantitative estimate of drug-likeness (QED) is 0.0399. The van der Waals surface area contributed by atoms with E-state index in [-0.39, 0.29) is 34.3 Å². The summed E-state index contributed by atoms with van der Waals surface area (Å²) in [6.45, 7) is 16.2. The van der Waals surface area contributed by atoms with Gasteiger partial charge in [-0.3, -0.25) is 20.2 Å². The Kier molecular flexibility index (Phi) is 34.4. The van der Waals surface area contributed by atoms with Crippen LogP contribution in [0.1, 0.15) is 34.1 Å². The number of hydrogen-bond donors (Lipinski definition) is 3. The topological polar surface area (TPSA) is 305 Å². The van der Waals surface area contributed by atoms with Crippen molar-refractivity contribution in [2.24, 2.45) is 5.73 Å². The number of carbonyl (C=O) groups excluding carboxylic acids is 1. The van der Waals surface area contributed by atoms with Gasteiger partial charge in [0.25, 0.3) is 20.4 Å². The third kappa shape index (κ3) is 34.7. The molecule has 4 N–H and O–H groups in total. The zero-order valence-electron chi connectivity index (χ0n) is 36.8. The molecule has 0 atom stereocenters. The van der Waals surface area contributed by atoms with Gasteiger partial charge in [-0.05, 0) is 51.5 Å². The summed E-state index contributed by atoms with van der Waals surface area (Å²) in [6, 6.07) is 8.99. The maximum Gasteiger partial charge on any atom is 0.407 e. The second kappa shape index (κ2) is 36.5. The summed E-state index contributed by atoms with van der Waals surface area (Å²) in [5, 5.41) is 23.4. The molecule has 0 fully saturated rings. The van der Waals surface area contributed by atoms with Gasteiger partial charge in [-0.15, -0.1) is 0 Å². The SMILES string of the molecule is CC(C)(C)OC(=O)NCCOCCOCCOCCOCCN.CCCOCCOCCOCCOCCNS(=O)(=O)c1ccc([N+](=O)[O-])cc1.O=[N+]([O-])c1ccc(S(=O)(=O)Cl)cc1. The molecule has 64 heavy (non-hydrogen) atoms. The number of nitro benzene ring substituents is 2. The van der Waals surface area contributed by atoms with E-state index in [1.54, 1.807) is 0 Å². The number of halogens is 1. The molecule has 0 bridgehead atoms. The molecule has 0 saturated heterocycles. The van der Waals surface area contributed by atoms with Crippen LogP contribution in [-0.2, 0) is 61.7 Å². The Bertz CT molecular complexity index is 1760. The first-order chi connectivity index (χ1) is 30.3. The summed E-state index contributed by atoms with van der Waals surface area (Å²) in [4.78, 5) is 30.7. The number of non-ortho nitro benzene ring substituents is 2. The lowest BCUT2D eigenvalue weighted by Gasteiger charge is -2.19. The molecule has 0 heterocycles. The second-order valence-corrected chi connectivity index (χ2v) is 17.8. The van der Waals surface area contributed by atoms with Crippen LogP contribution >= 0.6 is 10.7 Å². The van der Waals surface area contributed by atoms with Crippen LogP contribution in [0.4, 0.5) is 16.2 Å². The third-order valence-electron chi connectivity index (χ3n) is 6.98. The number of benzene rings is 2. The standard InChI is InChI=1S/C17H28N2O8S.C15H32N2O6.C6H4ClNO4S/c1-2-8-24-10-12-26-14-15-27-13-11-25-9-7-18-28(22,23)17-5-3-16(4-6-17)19(20)21;1-15(2,3)23-14(18)17-5-7-20-9-11-22-13-12-21-10-8-19-6-4-16;7-13(11,12)6-3-1-5(2-4-6)8(9)10/h3-6,18H,2,7-15H2,1H3;4-13,16H2,1-3H3,(H,17,18);1-4H. The van der Waals surface area contributed by atoms with Crippen LogP contribution < -0.4 is 15.8 Å². The minimum Gasteiger partial charge on any atom is -0.444 e. The fourth-order valence-corrected chi connectivity index (χ4v) is 5.88. The molecular formula is C38H64ClN5O18S2. The lowest BCUT2D eigenvalue weighted by atomic mass is 10.2. The molecule has 368 valence electrons. The Morgan fingerprint density at radius 1 is 0.594 bits per heavy atom. The number of hydrogen-bond acceptors (Lipinski definition) is 19. The average Bonchev–Trinajstić information content (AvgIpc) is 3.23. The van der Waals surface area contributed by atoms with E-state index in [2.05, 4.69) is 10.0 Å². The summed E-state index contributed by atoms with van der Waals surface area (Å²) < 4.78 is 95.3. The van der Waals surface area contributed by atoms with E-state index in [4.69, 9.17) is 59.0 Å². The number of nitrogens with one attached hydrogen (secondary N) is 2. The molecule has 23 nitrogen and oxygen atoms in total. The molecule has 0 spiro atoms. The van der Waals surface area contributed by atoms with Gasteiger partial charge in [-0.1, -0.05) is 6.92 Å². The summed E-state index contributed by atoms with van der Waals surface area (Å²) in [5.41, 5.74) is 4.45. The molecule has 0 aliphatic heterocycles. The van der Waals surface area contributed by atoms with E-state index in [0.717, 1.165) is 49.4 Å². The summed E-state index contributed by atoms with van der Waals surface area (Å²) in [6.07, 6.45) is 0.548. The highest BCUT2D eigenvalue weighted by molar-refractivity contribution is 8.13. The normalized spacial score (nSPS) is 11.5. The van der Waals surface area contributed by atoms with Crippen molar-refractivity contribution in [3.05, 3.63) is 68.8 Å². The molecular weight excluding hydrogens is 914 g/mol. The number of sulfonamides is 1. The molecule has 0 saturated carbocycles. The molecule has 0 aromatic heterocycles. The Morgan fingerprint density at radius 2 is 0.938 bits per heavy atom. The van der Waals surface area contributed by atoms with E-state index in [9.17, 15) is 41.9 Å². The molecule has 2 aromatic rings. The summed E-state index contributed by atoms with van der Waals surface area (Å²) in [7, 11) is -2.53. The van der Waals surface area contributed by atoms with Gasteiger partial charge < -0.3 is 53.7 Å². The highest BCUT2D eigenvalue weighted by Gasteiger charge is 2.16. The van der Waals surface area contributed by atoms with Crippen molar-refractivity contribution in [2.75, 3.05) is 125 Å². The van der Waals surface area contributed by atoms with Crippen molar-refractivity contribution in [3.63, 3.8) is 0 Å². The molecule has 26 heteroatoms. The third-order valence-corrected chi connectivity index (χ3v) is 9.83. The molecule has 0 unspecified atom stereocenters. The molecule has 1 amide bonds. The van der Waals surface area contributed by atoms with E-state index >= 15 is 0 Å². The first-order valence-corrected chi connectivity index (χ1v) is 23.8. The first-order valence-electron chi connectivity index (χ1n) is 20.1. The van der Waals surface area contributed by atoms with Crippen LogP contribution in [0.3, 0.4) is 0 Å². The number of alkyl carbamates (subject to hydrolysis) is 1. The number of nitrogens with two attached hydrogens (primary N) is 1. The van der Waals surface area contributed by atoms with Gasteiger partial charge in [-0.25, -0.2) is 26.4 Å². The van der Waals surface area contributed by atoms with Gasteiger partial charge in [-0.2, -0.15) is 0 Å². The number of carbonyl (C=O) groups is 1. The van der Waals surface area contributed by atoms with Crippen molar-refractivity contribution < 1.29 is 74.1 Å². The Balaban J connectivity index is 0.000000989. The molecule has 2 rings (SSSR count). The lowest BCUT2D eigenvalue weighted by molar-refractivity contribution is -0.385. The molecule has 0 aliphatic carbocycles. The van der Waals surface area contributed by atoms with E-state index < -0.39 is 40.6 Å². The lowest BCUT2D eigenvalue weighted by Crippen LogP contribution is -2.34. The number of amides is 1. The number of nitro groups is 2. The van der Waals surface area contributed by atoms with E-state index in [1.165, 1.54) is 12.1 Å². The van der Waals surface area contributed by atoms with Crippen molar-refractivity contribution in [1.82, 2.24) is 10.0 Å². The predicted octanol–water partition coefficient (Wildman–Crippen LogP) is 3.41. The number of rotatable bonds is 33. The summed E-state index contributed by atoms with van der Waals surface area (Å²) >= 11 is 0. The largest absolute Gasteiger partial charge is 0.444 e. The molecule has 2 aromatic carbocycles. The number of ether oxygens (including phenoxy) is 9. The average molecular weight is 979 g/mol. The van der Waals surface area contributed by atoms with Gasteiger partial charge in [0, 0.05) is 61.2 Å². The van der Waals surface area contributed by atoms with Crippen LogP contribution in [0.2, 0.25) is 0 Å². The minimum absolute atomic E-state index is 0.0403. The van der Waals surface area contributed by atoms with E-state index in [1.807, 2.05) is 27.7 Å². The Morgan fingerprint density at radius 3 is 1.28 bits per heavy atom. The smallest absolute Gasteiger partial charge is 0.407 e. The van der Waals surface area contributed by atoms with Gasteiger partial charge in [0.2, 0.25) is 10.0 Å². The van der Waals surface area contributed by atoms with Gasteiger partial charge in [0.1, 0.15) is 5.60 Å². The minimum atomic E-state index is -3.80. The maximum atomic E-state index is 12.0. The van der Waals surface area contributed by atoms with Crippen molar-refractivity contribution >= 4 is 47.2 Å². The first kappa shape index (κ1) is 60.3. The van der Waals surface area contributed by atoms with Crippen molar-refractivity contribution in [2.45, 2.75) is 49.5 Å². The Hall–Kier alpha value is -3.70. The van der Waals surface area contributed by atoms with E-state index in [0.29, 0.717) is 106 Å². The van der Waals surface area contributed by atoms with Gasteiger partial charge in [0.15, 0.2) is 0 Å². The van der Waals surface area contributed by atoms with Crippen LogP contribution in [0.5, 0.6) is 0 Å². The van der Waals surface area contributed by atoms with Gasteiger partial charge in [0.05, 0.1) is 119 Å². The predicted molar refractivity (Wildman–Crippen MR) is 235 cm³/mol. The zero-order valence-corrected chi connectivity index (χ0v) is 39.2. The molecule has 0 radical (unpaired) electrons. The fourth-order valence-electron chi connectivity index (χ4n) is 4.10. The zero-order chi connectivity index (χ0) is 48.1. The number of nitrogens with zero attached hydrogens (tertiary/aromatic N) is 2. The summed E-state index contributed by atoms with van der Waals surface area (Å²) in [5.74, 6) is 0. The molecule has 0 aliphatic rings. The second-order valence-electron chi connectivity index (χ2n) is 13.5. The fraction of sp³-hybridized carbons (Fsp3) is 0.658. The van der Waals surface area contributed by atoms with Crippen LogP contribution in [0.25, 0.3) is 0 Å².